The Morgan fingerprint density at radius 2 is 1.84 bits per heavy atom. The Morgan fingerprint density at radius 3 is 2.35 bits per heavy atom. The van der Waals surface area contributed by atoms with Gasteiger partial charge in [0.2, 0.25) is 0 Å². The summed E-state index contributed by atoms with van der Waals surface area (Å²) in [6.07, 6.45) is 2.22. The fraction of sp³-hybridized carbons (Fsp3) is 0.625. The number of Topliss-reactive ketones (excluding diaryl/α,β-unsaturated/α-hetero) is 3. The average molecular weight is 443 g/mol. The van der Waals surface area contributed by atoms with Gasteiger partial charge in [0, 0.05) is 21.8 Å². The van der Waals surface area contributed by atoms with Crippen molar-refractivity contribution in [2.45, 2.75) is 66.2 Å². The van der Waals surface area contributed by atoms with E-state index >= 15 is 0 Å². The number of aromatic hydroxyl groups is 1. The maximum Gasteiger partial charge on any atom is 0.167 e. The standard InChI is InChI=1S/C22H30O6.C2H6.H2O.2H2/c1-3-15-4-5-19(26)22-17(15)10-14(11-21(22)28)9-16(6-7-23)18(12-24)20(27)8-13(2)25;1-2;;;/h4-5,14,16,18,23-24,26H,3,6-12H2,1-2H3;1-2H3;1H2;2*1H. The Morgan fingerprint density at radius 1 is 1.19 bits per heavy atom. The summed E-state index contributed by atoms with van der Waals surface area (Å²) in [5, 5.41) is 29.3. The molecule has 3 atom stereocenters. The lowest BCUT2D eigenvalue weighted by molar-refractivity contribution is -0.131. The molecule has 1 aromatic carbocycles. The minimum Gasteiger partial charge on any atom is -0.507 e. The van der Waals surface area contributed by atoms with Crippen LogP contribution in [0.25, 0.3) is 0 Å². The number of ketones is 3. The van der Waals surface area contributed by atoms with Crippen molar-refractivity contribution in [1.29, 1.82) is 0 Å². The summed E-state index contributed by atoms with van der Waals surface area (Å²) in [6.45, 7) is 6.82. The van der Waals surface area contributed by atoms with Gasteiger partial charge in [0.15, 0.2) is 5.78 Å². The molecule has 0 amide bonds. The second-order valence-electron chi connectivity index (χ2n) is 7.79. The Kier molecular flexibility index (Phi) is 13.1. The SMILES string of the molecule is CC.CCc1ccc(O)c2c1CC(CC(CCO)C(CO)C(=O)CC(C)=O)CC2=O.O.[HH].[HH]. The van der Waals surface area contributed by atoms with Gasteiger partial charge in [0.05, 0.1) is 18.6 Å². The second kappa shape index (κ2) is 14.1. The lowest BCUT2D eigenvalue weighted by Gasteiger charge is -2.31. The number of aryl methyl sites for hydroxylation is 1. The van der Waals surface area contributed by atoms with Crippen LogP contribution in [0.3, 0.4) is 0 Å². The van der Waals surface area contributed by atoms with Crippen molar-refractivity contribution in [2.24, 2.45) is 17.8 Å². The number of phenols is 1. The third-order valence-electron chi connectivity index (χ3n) is 5.75. The fourth-order valence-corrected chi connectivity index (χ4v) is 4.41. The first kappa shape index (κ1) is 28.9. The molecule has 0 heterocycles. The summed E-state index contributed by atoms with van der Waals surface area (Å²) in [6, 6.07) is 3.40. The summed E-state index contributed by atoms with van der Waals surface area (Å²) in [7, 11) is 0. The highest BCUT2D eigenvalue weighted by molar-refractivity contribution is 6.01. The van der Waals surface area contributed by atoms with Gasteiger partial charge in [0.25, 0.3) is 0 Å². The predicted octanol–water partition coefficient (Wildman–Crippen LogP) is 2.94. The maximum absolute atomic E-state index is 12.7. The van der Waals surface area contributed by atoms with Gasteiger partial charge in [-0.2, -0.15) is 0 Å². The molecule has 7 heteroatoms. The minimum absolute atomic E-state index is 0. The van der Waals surface area contributed by atoms with E-state index in [4.69, 9.17) is 0 Å². The van der Waals surface area contributed by atoms with Crippen molar-refractivity contribution in [1.82, 2.24) is 0 Å². The summed E-state index contributed by atoms with van der Waals surface area (Å²) >= 11 is 0. The summed E-state index contributed by atoms with van der Waals surface area (Å²) in [5.41, 5.74) is 2.29. The third-order valence-corrected chi connectivity index (χ3v) is 5.75. The zero-order valence-electron chi connectivity index (χ0n) is 19.1. The molecule has 7 nitrogen and oxygen atoms in total. The van der Waals surface area contributed by atoms with Crippen LogP contribution in [0.5, 0.6) is 5.75 Å². The molecule has 0 aliphatic heterocycles. The van der Waals surface area contributed by atoms with Crippen LogP contribution in [0.1, 0.15) is 77.7 Å². The smallest absolute Gasteiger partial charge is 0.167 e. The highest BCUT2D eigenvalue weighted by atomic mass is 16.3. The summed E-state index contributed by atoms with van der Waals surface area (Å²) < 4.78 is 0. The zero-order valence-corrected chi connectivity index (χ0v) is 19.1. The number of carbonyl (C=O) groups is 3. The monoisotopic (exact) mass is 442 g/mol. The topological polar surface area (TPSA) is 143 Å². The number of carbonyl (C=O) groups excluding carboxylic acids is 3. The molecule has 0 radical (unpaired) electrons. The van der Waals surface area contributed by atoms with Gasteiger partial charge in [-0.05, 0) is 61.6 Å². The van der Waals surface area contributed by atoms with Crippen molar-refractivity contribution in [2.75, 3.05) is 13.2 Å². The van der Waals surface area contributed by atoms with Crippen LogP contribution >= 0.6 is 0 Å². The van der Waals surface area contributed by atoms with E-state index < -0.39 is 5.92 Å². The number of hydrogen-bond acceptors (Lipinski definition) is 6. The lowest BCUT2D eigenvalue weighted by Crippen LogP contribution is -2.32. The van der Waals surface area contributed by atoms with Gasteiger partial charge in [0.1, 0.15) is 17.3 Å². The number of phenolic OH excluding ortho intramolecular Hbond substituents is 1. The molecule has 2 rings (SSSR count). The average Bonchev–Trinajstić information content (AvgIpc) is 2.69. The molecule has 0 fully saturated rings. The van der Waals surface area contributed by atoms with Crippen LogP contribution in [0, 0.1) is 17.8 Å². The maximum atomic E-state index is 12.7. The van der Waals surface area contributed by atoms with E-state index in [0.29, 0.717) is 24.8 Å². The molecule has 0 bridgehead atoms. The first-order chi connectivity index (χ1) is 14.3. The Hall–Kier alpha value is -2.09. The molecular formula is C24H42O7. The molecule has 1 aliphatic carbocycles. The van der Waals surface area contributed by atoms with E-state index in [1.165, 1.54) is 6.92 Å². The van der Waals surface area contributed by atoms with Crippen LogP contribution in [0.4, 0.5) is 0 Å². The van der Waals surface area contributed by atoms with Crippen LogP contribution < -0.4 is 0 Å². The molecule has 0 aromatic heterocycles. The third kappa shape index (κ3) is 7.52. The molecule has 0 saturated carbocycles. The van der Waals surface area contributed by atoms with Crippen LogP contribution in [0.2, 0.25) is 0 Å². The summed E-state index contributed by atoms with van der Waals surface area (Å²) in [4.78, 5) is 36.4. The first-order valence-corrected chi connectivity index (χ1v) is 10.9. The van der Waals surface area contributed by atoms with Crippen LogP contribution in [-0.2, 0) is 22.4 Å². The molecule has 1 aliphatic rings. The number of aliphatic hydroxyl groups excluding tert-OH is 2. The normalized spacial score (nSPS) is 16.8. The van der Waals surface area contributed by atoms with Gasteiger partial charge >= 0.3 is 0 Å². The van der Waals surface area contributed by atoms with Gasteiger partial charge in [-0.3, -0.25) is 14.4 Å². The molecule has 3 unspecified atom stereocenters. The second-order valence-corrected chi connectivity index (χ2v) is 7.79. The fourth-order valence-electron chi connectivity index (χ4n) is 4.41. The molecule has 0 spiro atoms. The van der Waals surface area contributed by atoms with E-state index in [0.717, 1.165) is 17.5 Å². The Bertz CT molecular complexity index is 753. The van der Waals surface area contributed by atoms with E-state index in [1.54, 1.807) is 6.07 Å². The van der Waals surface area contributed by atoms with E-state index in [-0.39, 0.29) is 69.3 Å². The van der Waals surface area contributed by atoms with Crippen molar-refractivity contribution < 1.29 is 38.0 Å². The van der Waals surface area contributed by atoms with Gasteiger partial charge in [-0.25, -0.2) is 0 Å². The molecule has 0 saturated heterocycles. The molecular weight excluding hydrogens is 400 g/mol. The highest BCUT2D eigenvalue weighted by Crippen LogP contribution is 2.38. The first-order valence-electron chi connectivity index (χ1n) is 10.9. The largest absolute Gasteiger partial charge is 0.507 e. The molecule has 180 valence electrons. The van der Waals surface area contributed by atoms with Crippen molar-refractivity contribution >= 4 is 17.3 Å². The van der Waals surface area contributed by atoms with Crippen LogP contribution in [-0.4, -0.2) is 51.4 Å². The van der Waals surface area contributed by atoms with Gasteiger partial charge in [-0.15, -0.1) is 0 Å². The number of benzene rings is 1. The van der Waals surface area contributed by atoms with Gasteiger partial charge < -0.3 is 20.8 Å². The van der Waals surface area contributed by atoms with E-state index in [9.17, 15) is 29.7 Å². The lowest BCUT2D eigenvalue weighted by atomic mass is 9.72. The van der Waals surface area contributed by atoms with Crippen molar-refractivity contribution in [3.63, 3.8) is 0 Å². The molecule has 1 aromatic rings. The number of aliphatic hydroxyl groups is 2. The number of hydrogen-bond donors (Lipinski definition) is 3. The number of rotatable bonds is 10. The van der Waals surface area contributed by atoms with Crippen molar-refractivity contribution in [3.05, 3.63) is 28.8 Å². The summed E-state index contributed by atoms with van der Waals surface area (Å²) in [5.74, 6) is -1.74. The Labute approximate surface area is 187 Å². The highest BCUT2D eigenvalue weighted by Gasteiger charge is 2.34. The van der Waals surface area contributed by atoms with Gasteiger partial charge in [-0.1, -0.05) is 26.8 Å². The van der Waals surface area contributed by atoms with Crippen molar-refractivity contribution in [3.8, 4) is 5.75 Å². The molecule has 31 heavy (non-hydrogen) atoms. The zero-order chi connectivity index (χ0) is 22.8. The predicted molar refractivity (Wildman–Crippen MR) is 124 cm³/mol. The minimum atomic E-state index is -0.720. The Balaban J connectivity index is -0.00000175. The van der Waals surface area contributed by atoms with Crippen LogP contribution in [0.15, 0.2) is 12.1 Å². The quantitative estimate of drug-likeness (QED) is 0.475. The van der Waals surface area contributed by atoms with E-state index in [1.807, 2.05) is 26.8 Å². The number of fused-ring (bicyclic) bond motifs is 1. The van der Waals surface area contributed by atoms with E-state index in [2.05, 4.69) is 0 Å². The molecule has 5 N–H and O–H groups in total.